The van der Waals surface area contributed by atoms with E-state index in [2.05, 4.69) is 27.8 Å². The molecule has 0 fully saturated rings. The maximum absolute atomic E-state index is 12.3. The van der Waals surface area contributed by atoms with E-state index in [1.807, 2.05) is 36.4 Å². The van der Waals surface area contributed by atoms with E-state index >= 15 is 0 Å². The number of carbonyl (C=O) groups is 3. The number of fused-ring (bicyclic) bond motifs is 3. The number of hydrogen-bond acceptors (Lipinski definition) is 6. The Morgan fingerprint density at radius 3 is 2.33 bits per heavy atom. The monoisotopic (exact) mass is 449 g/mol. The molecule has 3 N–H and O–H groups in total. The van der Waals surface area contributed by atoms with E-state index in [9.17, 15) is 14.4 Å². The molecule has 1 aromatic heterocycles. The van der Waals surface area contributed by atoms with Crippen LogP contribution in [-0.2, 0) is 16.1 Å². The van der Waals surface area contributed by atoms with Crippen LogP contribution < -0.4 is 10.6 Å². The van der Waals surface area contributed by atoms with Crippen LogP contribution in [0.25, 0.3) is 11.1 Å². The first-order valence-corrected chi connectivity index (χ1v) is 10.5. The van der Waals surface area contributed by atoms with E-state index < -0.39 is 24.0 Å². The van der Waals surface area contributed by atoms with Crippen LogP contribution in [0.1, 0.15) is 46.6 Å². The van der Waals surface area contributed by atoms with Gasteiger partial charge < -0.3 is 24.9 Å². The standard InChI is InChI=1S/C24H23N3O6/c1-2-19(23(29)30)27-22(28)21-20(33-13-26-21)11-25-24(31)32-12-18-16-9-5-3-7-14(16)15-8-4-6-10-17(15)18/h3-10,13,18-19H,2,11-12H2,1H3,(H,25,31)(H,27,28)(H,29,30). The maximum Gasteiger partial charge on any atom is 0.407 e. The summed E-state index contributed by atoms with van der Waals surface area (Å²) in [5.41, 5.74) is 4.38. The predicted molar refractivity (Wildman–Crippen MR) is 118 cm³/mol. The average Bonchev–Trinajstić information content (AvgIpc) is 3.42. The van der Waals surface area contributed by atoms with Crippen LogP contribution in [0.4, 0.5) is 4.79 Å². The Kier molecular flexibility index (Phi) is 6.39. The zero-order chi connectivity index (χ0) is 23.4. The van der Waals surface area contributed by atoms with Gasteiger partial charge in [-0.1, -0.05) is 55.5 Å². The second-order valence-electron chi connectivity index (χ2n) is 7.58. The molecule has 1 heterocycles. The molecule has 1 unspecified atom stereocenters. The van der Waals surface area contributed by atoms with Crippen molar-refractivity contribution in [3.63, 3.8) is 0 Å². The zero-order valence-corrected chi connectivity index (χ0v) is 17.9. The van der Waals surface area contributed by atoms with Gasteiger partial charge in [0.05, 0.1) is 6.54 Å². The van der Waals surface area contributed by atoms with E-state index in [1.165, 1.54) is 0 Å². The van der Waals surface area contributed by atoms with Gasteiger partial charge >= 0.3 is 12.1 Å². The fourth-order valence-electron chi connectivity index (χ4n) is 3.95. The minimum atomic E-state index is -1.15. The molecule has 1 aliphatic rings. The van der Waals surface area contributed by atoms with Gasteiger partial charge in [0.1, 0.15) is 12.6 Å². The van der Waals surface area contributed by atoms with Gasteiger partial charge in [-0.05, 0) is 28.7 Å². The summed E-state index contributed by atoms with van der Waals surface area (Å²) in [5.74, 6) is -1.81. The van der Waals surface area contributed by atoms with Crippen LogP contribution in [0.2, 0.25) is 0 Å². The molecular formula is C24H23N3O6. The van der Waals surface area contributed by atoms with Gasteiger partial charge in [-0.25, -0.2) is 14.6 Å². The Bertz CT molecular complexity index is 1140. The average molecular weight is 449 g/mol. The molecule has 0 saturated carbocycles. The minimum absolute atomic E-state index is 0.0724. The lowest BCUT2D eigenvalue weighted by Gasteiger charge is -2.14. The summed E-state index contributed by atoms with van der Waals surface area (Å²) in [6.45, 7) is 1.66. The van der Waals surface area contributed by atoms with Gasteiger partial charge in [-0.3, -0.25) is 4.79 Å². The normalized spacial score (nSPS) is 13.0. The van der Waals surface area contributed by atoms with E-state index in [0.717, 1.165) is 28.6 Å². The molecule has 170 valence electrons. The van der Waals surface area contributed by atoms with Gasteiger partial charge in [-0.2, -0.15) is 0 Å². The van der Waals surface area contributed by atoms with Crippen molar-refractivity contribution in [2.45, 2.75) is 31.8 Å². The molecule has 9 heteroatoms. The van der Waals surface area contributed by atoms with Crippen molar-refractivity contribution in [2.24, 2.45) is 0 Å². The number of hydrogen-bond donors (Lipinski definition) is 3. The Labute approximate surface area is 189 Å². The molecule has 33 heavy (non-hydrogen) atoms. The number of rotatable bonds is 8. The molecule has 0 radical (unpaired) electrons. The number of amides is 2. The lowest BCUT2D eigenvalue weighted by molar-refractivity contribution is -0.139. The Hall–Kier alpha value is -4.14. The van der Waals surface area contributed by atoms with Crippen molar-refractivity contribution in [2.75, 3.05) is 6.61 Å². The third-order valence-electron chi connectivity index (χ3n) is 5.60. The van der Waals surface area contributed by atoms with Crippen molar-refractivity contribution in [1.82, 2.24) is 15.6 Å². The Balaban J connectivity index is 1.36. The van der Waals surface area contributed by atoms with E-state index in [1.54, 1.807) is 6.92 Å². The zero-order valence-electron chi connectivity index (χ0n) is 17.9. The van der Waals surface area contributed by atoms with Crippen molar-refractivity contribution < 1.29 is 28.6 Å². The number of carboxylic acid groups (broad SMARTS) is 1. The van der Waals surface area contributed by atoms with Gasteiger partial charge in [0.25, 0.3) is 5.91 Å². The lowest BCUT2D eigenvalue weighted by atomic mass is 9.98. The van der Waals surface area contributed by atoms with Gasteiger partial charge in [0, 0.05) is 5.92 Å². The first-order chi connectivity index (χ1) is 16.0. The lowest BCUT2D eigenvalue weighted by Crippen LogP contribution is -2.40. The summed E-state index contributed by atoms with van der Waals surface area (Å²) in [6, 6.07) is 15.0. The smallest absolute Gasteiger partial charge is 0.407 e. The molecular weight excluding hydrogens is 426 g/mol. The summed E-state index contributed by atoms with van der Waals surface area (Å²) in [6.07, 6.45) is 0.606. The Morgan fingerprint density at radius 1 is 1.09 bits per heavy atom. The van der Waals surface area contributed by atoms with Crippen LogP contribution >= 0.6 is 0 Å². The number of ether oxygens (including phenoxy) is 1. The molecule has 0 bridgehead atoms. The van der Waals surface area contributed by atoms with Crippen molar-refractivity contribution >= 4 is 18.0 Å². The molecule has 0 aliphatic heterocycles. The highest BCUT2D eigenvalue weighted by Crippen LogP contribution is 2.44. The van der Waals surface area contributed by atoms with Gasteiger partial charge in [-0.15, -0.1) is 0 Å². The van der Waals surface area contributed by atoms with Crippen molar-refractivity contribution in [3.8, 4) is 11.1 Å². The second kappa shape index (κ2) is 9.56. The maximum atomic E-state index is 12.3. The molecule has 9 nitrogen and oxygen atoms in total. The van der Waals surface area contributed by atoms with Crippen LogP contribution in [0, 0.1) is 0 Å². The first-order valence-electron chi connectivity index (χ1n) is 10.5. The summed E-state index contributed by atoms with van der Waals surface area (Å²) in [5, 5.41) is 14.0. The third-order valence-corrected chi connectivity index (χ3v) is 5.60. The van der Waals surface area contributed by atoms with Crippen molar-refractivity contribution in [3.05, 3.63) is 77.5 Å². The fourth-order valence-corrected chi connectivity index (χ4v) is 3.95. The number of oxazole rings is 1. The molecule has 1 atom stereocenters. The number of nitrogens with one attached hydrogen (secondary N) is 2. The van der Waals surface area contributed by atoms with Crippen LogP contribution in [0.15, 0.2) is 59.3 Å². The van der Waals surface area contributed by atoms with Gasteiger partial charge in [0.15, 0.2) is 17.8 Å². The summed E-state index contributed by atoms with van der Waals surface area (Å²) < 4.78 is 10.7. The second-order valence-corrected chi connectivity index (χ2v) is 7.58. The molecule has 0 saturated heterocycles. The number of alkyl carbamates (subject to hydrolysis) is 1. The van der Waals surface area contributed by atoms with E-state index in [4.69, 9.17) is 14.3 Å². The van der Waals surface area contributed by atoms with Crippen molar-refractivity contribution in [1.29, 1.82) is 0 Å². The number of aliphatic carboxylic acids is 1. The van der Waals surface area contributed by atoms with Crippen LogP contribution in [0.3, 0.4) is 0 Å². The largest absolute Gasteiger partial charge is 0.480 e. The first kappa shape index (κ1) is 22.1. The SMILES string of the molecule is CCC(NC(=O)c1ncoc1CNC(=O)OCC1c2ccccc2-c2ccccc21)C(=O)O. The van der Waals surface area contributed by atoms with Crippen LogP contribution in [-0.4, -0.2) is 40.7 Å². The number of benzene rings is 2. The molecule has 2 aromatic carbocycles. The highest BCUT2D eigenvalue weighted by molar-refractivity contribution is 5.95. The van der Waals surface area contributed by atoms with E-state index in [-0.39, 0.29) is 36.9 Å². The molecule has 4 rings (SSSR count). The summed E-state index contributed by atoms with van der Waals surface area (Å²) in [7, 11) is 0. The quantitative estimate of drug-likeness (QED) is 0.481. The number of carboxylic acids is 1. The van der Waals surface area contributed by atoms with Crippen LogP contribution in [0.5, 0.6) is 0 Å². The molecule has 0 spiro atoms. The van der Waals surface area contributed by atoms with Gasteiger partial charge in [0.2, 0.25) is 0 Å². The summed E-state index contributed by atoms with van der Waals surface area (Å²) >= 11 is 0. The predicted octanol–water partition coefficient (Wildman–Crippen LogP) is 3.31. The number of carbonyl (C=O) groups excluding carboxylic acids is 2. The topological polar surface area (TPSA) is 131 Å². The number of nitrogens with zero attached hydrogens (tertiary/aromatic N) is 1. The highest BCUT2D eigenvalue weighted by Gasteiger charge is 2.29. The third kappa shape index (κ3) is 4.57. The number of aromatic nitrogens is 1. The molecule has 1 aliphatic carbocycles. The molecule has 2 amide bonds. The Morgan fingerprint density at radius 2 is 1.73 bits per heavy atom. The minimum Gasteiger partial charge on any atom is -0.480 e. The van der Waals surface area contributed by atoms with E-state index in [0.29, 0.717) is 0 Å². The fraction of sp³-hybridized carbons (Fsp3) is 0.250. The molecule has 3 aromatic rings. The summed E-state index contributed by atoms with van der Waals surface area (Å²) in [4.78, 5) is 39.7. The highest BCUT2D eigenvalue weighted by atomic mass is 16.5.